The van der Waals surface area contributed by atoms with Gasteiger partial charge in [0.05, 0.1) is 0 Å². The zero-order valence-electron chi connectivity index (χ0n) is 8.09. The molecule has 1 aliphatic heterocycles. The molecule has 1 aliphatic carbocycles. The van der Waals surface area contributed by atoms with E-state index < -0.39 is 0 Å². The van der Waals surface area contributed by atoms with Gasteiger partial charge in [-0.25, -0.2) is 0 Å². The molecule has 0 radical (unpaired) electrons. The highest BCUT2D eigenvalue weighted by Gasteiger charge is 2.51. The van der Waals surface area contributed by atoms with Crippen LogP contribution < -0.4 is 0 Å². The molecule has 0 aromatic carbocycles. The lowest BCUT2D eigenvalue weighted by molar-refractivity contribution is 0.0917. The third kappa shape index (κ3) is 0.868. The molecule has 0 aromatic rings. The zero-order chi connectivity index (χ0) is 8.22. The molecule has 0 N–H and O–H groups in total. The minimum Gasteiger partial charge on any atom is -0.300 e. The van der Waals surface area contributed by atoms with Crippen molar-refractivity contribution in [3.8, 4) is 0 Å². The van der Waals surface area contributed by atoms with E-state index in [1.54, 1.807) is 0 Å². The van der Waals surface area contributed by atoms with Gasteiger partial charge in [-0.1, -0.05) is 13.8 Å². The summed E-state index contributed by atoms with van der Waals surface area (Å²) in [7, 11) is 2.28. The Morgan fingerprint density at radius 3 is 2.36 bits per heavy atom. The van der Waals surface area contributed by atoms with E-state index in [0.717, 1.165) is 18.0 Å². The second-order valence-corrected chi connectivity index (χ2v) is 5.09. The molecule has 0 spiro atoms. The fourth-order valence-corrected chi connectivity index (χ4v) is 3.23. The maximum Gasteiger partial charge on any atom is 0.0104 e. The summed E-state index contributed by atoms with van der Waals surface area (Å²) in [5.41, 5.74) is 0.622. The van der Waals surface area contributed by atoms with Crippen LogP contribution in [-0.2, 0) is 0 Å². The number of hydrogen-bond acceptors (Lipinski definition) is 1. The molecule has 0 aromatic heterocycles. The molecule has 64 valence electrons. The van der Waals surface area contributed by atoms with E-state index in [0.29, 0.717) is 5.41 Å². The van der Waals surface area contributed by atoms with Crippen LogP contribution in [0.25, 0.3) is 0 Å². The molecule has 11 heavy (non-hydrogen) atoms. The van der Waals surface area contributed by atoms with Gasteiger partial charge >= 0.3 is 0 Å². The Kier molecular flexibility index (Phi) is 1.39. The first-order valence-electron chi connectivity index (χ1n) is 4.74. The fraction of sp³-hybridized carbons (Fsp3) is 1.00. The van der Waals surface area contributed by atoms with Gasteiger partial charge in [-0.15, -0.1) is 0 Å². The Labute approximate surface area is 69.8 Å². The summed E-state index contributed by atoms with van der Waals surface area (Å²) >= 11 is 0. The highest BCUT2D eigenvalue weighted by Crippen LogP contribution is 2.52. The molecule has 1 heterocycles. The molecule has 2 fully saturated rings. The van der Waals surface area contributed by atoms with Crippen LogP contribution in [0, 0.1) is 11.3 Å². The molecule has 2 aliphatic rings. The summed E-state index contributed by atoms with van der Waals surface area (Å²) in [4.78, 5) is 2.57. The van der Waals surface area contributed by atoms with Gasteiger partial charge in [0.2, 0.25) is 0 Å². The van der Waals surface area contributed by atoms with Gasteiger partial charge in [0, 0.05) is 12.1 Å². The standard InChI is InChI=1S/C10H19N/c1-7-9-5-8(11(7)4)6-10(9,2)3/h7-9H,5-6H2,1-4H3/t7-,8+,9+/m1/s1. The van der Waals surface area contributed by atoms with E-state index in [4.69, 9.17) is 0 Å². The Hall–Kier alpha value is -0.0400. The van der Waals surface area contributed by atoms with Crippen molar-refractivity contribution in [3.63, 3.8) is 0 Å². The largest absolute Gasteiger partial charge is 0.300 e. The van der Waals surface area contributed by atoms with E-state index in [-0.39, 0.29) is 0 Å². The number of hydrogen-bond donors (Lipinski definition) is 0. The molecule has 0 unspecified atom stereocenters. The van der Waals surface area contributed by atoms with Crippen LogP contribution in [0.15, 0.2) is 0 Å². The first kappa shape index (κ1) is 7.60. The predicted octanol–water partition coefficient (Wildman–Crippen LogP) is 2.13. The van der Waals surface area contributed by atoms with Gasteiger partial charge in [-0.2, -0.15) is 0 Å². The first-order valence-corrected chi connectivity index (χ1v) is 4.74. The quantitative estimate of drug-likeness (QED) is 0.515. The van der Waals surface area contributed by atoms with Crippen LogP contribution in [0.1, 0.15) is 33.6 Å². The predicted molar refractivity (Wildman–Crippen MR) is 47.5 cm³/mol. The Balaban J connectivity index is 2.23. The smallest absolute Gasteiger partial charge is 0.0104 e. The number of nitrogens with zero attached hydrogens (tertiary/aromatic N) is 1. The number of rotatable bonds is 0. The maximum absolute atomic E-state index is 2.57. The summed E-state index contributed by atoms with van der Waals surface area (Å²) < 4.78 is 0. The SMILES string of the molecule is C[C@@H]1[C@@H]2C[C@@H](CC2(C)C)N1C. The van der Waals surface area contributed by atoms with Crippen molar-refractivity contribution in [3.05, 3.63) is 0 Å². The van der Waals surface area contributed by atoms with Crippen LogP contribution in [0.5, 0.6) is 0 Å². The third-order valence-corrected chi connectivity index (χ3v) is 4.09. The second kappa shape index (κ2) is 2.01. The van der Waals surface area contributed by atoms with E-state index in [1.165, 1.54) is 12.8 Å². The van der Waals surface area contributed by atoms with E-state index in [1.807, 2.05) is 0 Å². The lowest BCUT2D eigenvalue weighted by atomic mass is 9.77. The monoisotopic (exact) mass is 153 g/mol. The molecule has 1 nitrogen and oxygen atoms in total. The highest BCUT2D eigenvalue weighted by molar-refractivity contribution is 5.04. The fourth-order valence-electron chi connectivity index (χ4n) is 3.23. The molecule has 1 saturated heterocycles. The van der Waals surface area contributed by atoms with Crippen molar-refractivity contribution in [1.29, 1.82) is 0 Å². The van der Waals surface area contributed by atoms with Crippen molar-refractivity contribution < 1.29 is 0 Å². The highest BCUT2D eigenvalue weighted by atomic mass is 15.2. The van der Waals surface area contributed by atoms with Crippen LogP contribution in [0.2, 0.25) is 0 Å². The molecule has 3 atom stereocenters. The van der Waals surface area contributed by atoms with E-state index >= 15 is 0 Å². The molecular weight excluding hydrogens is 134 g/mol. The molecular formula is C10H19N. The summed E-state index contributed by atoms with van der Waals surface area (Å²) in [5, 5.41) is 0. The lowest BCUT2D eigenvalue weighted by Gasteiger charge is -2.39. The maximum atomic E-state index is 2.57. The van der Waals surface area contributed by atoms with Crippen LogP contribution in [-0.4, -0.2) is 24.0 Å². The molecule has 2 rings (SSSR count). The Bertz CT molecular complexity index is 172. The molecule has 0 amide bonds. The summed E-state index contributed by atoms with van der Waals surface area (Å²) in [5.74, 6) is 0.956. The van der Waals surface area contributed by atoms with Gasteiger partial charge in [-0.05, 0) is 38.1 Å². The van der Waals surface area contributed by atoms with Gasteiger partial charge in [0.25, 0.3) is 0 Å². The first-order chi connectivity index (χ1) is 5.02. The summed E-state index contributed by atoms with van der Waals surface area (Å²) in [6, 6.07) is 1.72. The van der Waals surface area contributed by atoms with Crippen molar-refractivity contribution >= 4 is 0 Å². The van der Waals surface area contributed by atoms with Crippen molar-refractivity contribution in [2.45, 2.75) is 45.7 Å². The third-order valence-electron chi connectivity index (χ3n) is 4.09. The van der Waals surface area contributed by atoms with Crippen molar-refractivity contribution in [2.75, 3.05) is 7.05 Å². The number of piperidine rings is 1. The number of fused-ring (bicyclic) bond motifs is 2. The topological polar surface area (TPSA) is 3.24 Å². The van der Waals surface area contributed by atoms with Crippen LogP contribution in [0.4, 0.5) is 0 Å². The lowest BCUT2D eigenvalue weighted by Crippen LogP contribution is -2.42. The van der Waals surface area contributed by atoms with Crippen molar-refractivity contribution in [2.24, 2.45) is 11.3 Å². The molecule has 2 bridgehead atoms. The average Bonchev–Trinajstić information content (AvgIpc) is 2.31. The summed E-state index contributed by atoms with van der Waals surface area (Å²) in [6.07, 6.45) is 2.86. The van der Waals surface area contributed by atoms with Gasteiger partial charge in [0.1, 0.15) is 0 Å². The average molecular weight is 153 g/mol. The van der Waals surface area contributed by atoms with Crippen LogP contribution in [0.3, 0.4) is 0 Å². The van der Waals surface area contributed by atoms with Gasteiger partial charge in [-0.3, -0.25) is 0 Å². The van der Waals surface area contributed by atoms with E-state index in [9.17, 15) is 0 Å². The second-order valence-electron chi connectivity index (χ2n) is 5.09. The van der Waals surface area contributed by atoms with Gasteiger partial charge < -0.3 is 4.90 Å². The minimum absolute atomic E-state index is 0.622. The number of likely N-dealkylation sites (tertiary alicyclic amines) is 1. The summed E-state index contributed by atoms with van der Waals surface area (Å²) in [6.45, 7) is 7.24. The van der Waals surface area contributed by atoms with E-state index in [2.05, 4.69) is 32.7 Å². The Morgan fingerprint density at radius 1 is 1.36 bits per heavy atom. The minimum atomic E-state index is 0.622. The van der Waals surface area contributed by atoms with Gasteiger partial charge in [0.15, 0.2) is 0 Å². The normalized spacial score (nSPS) is 48.5. The zero-order valence-corrected chi connectivity index (χ0v) is 8.09. The molecule has 1 saturated carbocycles. The van der Waals surface area contributed by atoms with Crippen LogP contribution >= 0.6 is 0 Å². The van der Waals surface area contributed by atoms with Crippen molar-refractivity contribution in [1.82, 2.24) is 4.90 Å². The molecule has 1 heteroatoms. The Morgan fingerprint density at radius 2 is 2.00 bits per heavy atom.